The maximum atomic E-state index is 14.3. The minimum atomic E-state index is -0.236. The van der Waals surface area contributed by atoms with Crippen molar-refractivity contribution < 1.29 is 8.78 Å². The molecule has 3 rings (SSSR count). The van der Waals surface area contributed by atoms with Crippen LogP contribution in [-0.2, 0) is 12.8 Å². The molecule has 2 aromatic carbocycles. The third kappa shape index (κ3) is 1.56. The number of hydrogen-bond donors (Lipinski definition) is 0. The van der Waals surface area contributed by atoms with Crippen molar-refractivity contribution in [3.63, 3.8) is 0 Å². The fourth-order valence-corrected chi connectivity index (χ4v) is 2.72. The SMILES string of the molecule is CCCc1ccc2c(c1F)Cc1c(F)cccc1-2. The monoisotopic (exact) mass is 244 g/mol. The maximum absolute atomic E-state index is 14.3. The van der Waals surface area contributed by atoms with Crippen LogP contribution in [0.1, 0.15) is 30.0 Å². The second-order valence-electron chi connectivity index (χ2n) is 4.76. The van der Waals surface area contributed by atoms with Gasteiger partial charge in [-0.3, -0.25) is 0 Å². The van der Waals surface area contributed by atoms with E-state index in [0.29, 0.717) is 17.5 Å². The summed E-state index contributed by atoms with van der Waals surface area (Å²) < 4.78 is 28.0. The Morgan fingerprint density at radius 3 is 2.56 bits per heavy atom. The zero-order chi connectivity index (χ0) is 12.7. The van der Waals surface area contributed by atoms with Crippen molar-refractivity contribution in [3.8, 4) is 11.1 Å². The zero-order valence-corrected chi connectivity index (χ0v) is 10.3. The Bertz CT molecular complexity index is 615. The van der Waals surface area contributed by atoms with Crippen LogP contribution in [0.15, 0.2) is 30.3 Å². The molecular weight excluding hydrogens is 230 g/mol. The molecule has 0 saturated carbocycles. The van der Waals surface area contributed by atoms with Gasteiger partial charge in [-0.15, -0.1) is 0 Å². The molecule has 2 aromatic rings. The van der Waals surface area contributed by atoms with E-state index in [-0.39, 0.29) is 11.6 Å². The van der Waals surface area contributed by atoms with E-state index in [4.69, 9.17) is 0 Å². The molecule has 0 aromatic heterocycles. The molecule has 0 heterocycles. The minimum absolute atomic E-state index is 0.148. The molecule has 2 heteroatoms. The summed E-state index contributed by atoms with van der Waals surface area (Å²) >= 11 is 0. The van der Waals surface area contributed by atoms with Gasteiger partial charge in [0, 0.05) is 17.5 Å². The summed E-state index contributed by atoms with van der Waals surface area (Å²) in [6.07, 6.45) is 2.02. The molecule has 0 N–H and O–H groups in total. The van der Waals surface area contributed by atoms with Gasteiger partial charge in [-0.1, -0.05) is 37.6 Å². The summed E-state index contributed by atoms with van der Waals surface area (Å²) in [4.78, 5) is 0. The molecule has 0 radical (unpaired) electrons. The molecule has 1 aliphatic carbocycles. The van der Waals surface area contributed by atoms with Crippen molar-refractivity contribution in [2.45, 2.75) is 26.2 Å². The van der Waals surface area contributed by atoms with Gasteiger partial charge >= 0.3 is 0 Å². The molecule has 0 fully saturated rings. The molecule has 0 spiro atoms. The lowest BCUT2D eigenvalue weighted by molar-refractivity contribution is 0.591. The number of benzene rings is 2. The highest BCUT2D eigenvalue weighted by Crippen LogP contribution is 2.39. The van der Waals surface area contributed by atoms with Crippen LogP contribution in [0.2, 0.25) is 0 Å². The molecule has 92 valence electrons. The Kier molecular flexibility index (Phi) is 2.66. The van der Waals surface area contributed by atoms with Gasteiger partial charge in [-0.25, -0.2) is 8.78 Å². The summed E-state index contributed by atoms with van der Waals surface area (Å²) in [6.45, 7) is 2.03. The van der Waals surface area contributed by atoms with Crippen LogP contribution in [0.3, 0.4) is 0 Å². The lowest BCUT2D eigenvalue weighted by Gasteiger charge is -2.07. The molecule has 1 aliphatic rings. The normalized spacial score (nSPS) is 12.4. The van der Waals surface area contributed by atoms with E-state index < -0.39 is 0 Å². The number of aryl methyl sites for hydroxylation is 1. The predicted octanol–water partition coefficient (Wildman–Crippen LogP) is 4.49. The molecule has 0 unspecified atom stereocenters. The average molecular weight is 244 g/mol. The molecule has 0 saturated heterocycles. The van der Waals surface area contributed by atoms with Crippen LogP contribution in [0.5, 0.6) is 0 Å². The van der Waals surface area contributed by atoms with Crippen molar-refractivity contribution in [2.75, 3.05) is 0 Å². The number of halogens is 2. The fourth-order valence-electron chi connectivity index (χ4n) is 2.72. The highest BCUT2D eigenvalue weighted by molar-refractivity contribution is 5.77. The first-order valence-corrected chi connectivity index (χ1v) is 6.30. The molecule has 0 aliphatic heterocycles. The summed E-state index contributed by atoms with van der Waals surface area (Å²) in [5.41, 5.74) is 3.71. The fraction of sp³-hybridized carbons (Fsp3) is 0.250. The van der Waals surface area contributed by atoms with E-state index >= 15 is 0 Å². The van der Waals surface area contributed by atoms with E-state index in [0.717, 1.165) is 29.5 Å². The molecular formula is C16H14F2. The summed E-state index contributed by atoms with van der Waals surface area (Å²) in [6, 6.07) is 8.74. The first-order valence-electron chi connectivity index (χ1n) is 6.30. The average Bonchev–Trinajstić information content (AvgIpc) is 2.74. The smallest absolute Gasteiger partial charge is 0.130 e. The van der Waals surface area contributed by atoms with Crippen LogP contribution in [0, 0.1) is 11.6 Å². The lowest BCUT2D eigenvalue weighted by atomic mass is 10.0. The van der Waals surface area contributed by atoms with E-state index in [1.807, 2.05) is 25.1 Å². The number of rotatable bonds is 2. The van der Waals surface area contributed by atoms with Gasteiger partial charge in [-0.2, -0.15) is 0 Å². The highest BCUT2D eigenvalue weighted by Gasteiger charge is 2.25. The van der Waals surface area contributed by atoms with Gasteiger partial charge in [0.15, 0.2) is 0 Å². The Balaban J connectivity index is 2.17. The third-order valence-corrected chi connectivity index (χ3v) is 3.61. The Morgan fingerprint density at radius 2 is 1.78 bits per heavy atom. The molecule has 0 atom stereocenters. The number of hydrogen-bond acceptors (Lipinski definition) is 0. The van der Waals surface area contributed by atoms with E-state index in [2.05, 4.69) is 0 Å². The van der Waals surface area contributed by atoms with Gasteiger partial charge in [0.2, 0.25) is 0 Å². The third-order valence-electron chi connectivity index (χ3n) is 3.61. The topological polar surface area (TPSA) is 0 Å². The molecule has 0 bridgehead atoms. The van der Waals surface area contributed by atoms with Gasteiger partial charge < -0.3 is 0 Å². The molecule has 0 nitrogen and oxygen atoms in total. The van der Waals surface area contributed by atoms with Crippen LogP contribution < -0.4 is 0 Å². The van der Waals surface area contributed by atoms with Gasteiger partial charge in [0.05, 0.1) is 0 Å². The summed E-state index contributed by atoms with van der Waals surface area (Å²) in [7, 11) is 0. The highest BCUT2D eigenvalue weighted by atomic mass is 19.1. The molecule has 0 amide bonds. The first kappa shape index (κ1) is 11.4. The van der Waals surface area contributed by atoms with Crippen molar-refractivity contribution in [2.24, 2.45) is 0 Å². The molecule has 18 heavy (non-hydrogen) atoms. The standard InChI is InChI=1S/C16H14F2/c1-2-4-10-7-8-12-11-5-3-6-15(17)13(11)9-14(12)16(10)18/h3,5-8H,2,4,9H2,1H3. The van der Waals surface area contributed by atoms with E-state index in [1.54, 1.807) is 6.07 Å². The lowest BCUT2D eigenvalue weighted by Crippen LogP contribution is -1.96. The predicted molar refractivity (Wildman–Crippen MR) is 68.6 cm³/mol. The first-order chi connectivity index (χ1) is 8.72. The second kappa shape index (κ2) is 4.20. The van der Waals surface area contributed by atoms with Gasteiger partial charge in [0.25, 0.3) is 0 Å². The second-order valence-corrected chi connectivity index (χ2v) is 4.76. The van der Waals surface area contributed by atoms with Crippen molar-refractivity contribution >= 4 is 0 Å². The van der Waals surface area contributed by atoms with Crippen molar-refractivity contribution in [1.29, 1.82) is 0 Å². The van der Waals surface area contributed by atoms with Crippen molar-refractivity contribution in [3.05, 3.63) is 58.7 Å². The summed E-state index contributed by atoms with van der Waals surface area (Å²) in [5, 5.41) is 0. The van der Waals surface area contributed by atoms with Crippen LogP contribution in [0.25, 0.3) is 11.1 Å². The van der Waals surface area contributed by atoms with Gasteiger partial charge in [-0.05, 0) is 29.2 Å². The quantitative estimate of drug-likeness (QED) is 0.623. The van der Waals surface area contributed by atoms with Crippen molar-refractivity contribution in [1.82, 2.24) is 0 Å². The van der Waals surface area contributed by atoms with E-state index in [1.165, 1.54) is 6.07 Å². The number of fused-ring (bicyclic) bond motifs is 3. The van der Waals surface area contributed by atoms with Crippen LogP contribution >= 0.6 is 0 Å². The Hall–Kier alpha value is -1.70. The van der Waals surface area contributed by atoms with E-state index in [9.17, 15) is 8.78 Å². The maximum Gasteiger partial charge on any atom is 0.130 e. The Morgan fingerprint density at radius 1 is 1.00 bits per heavy atom. The zero-order valence-electron chi connectivity index (χ0n) is 10.3. The minimum Gasteiger partial charge on any atom is -0.207 e. The van der Waals surface area contributed by atoms with Crippen LogP contribution in [0.4, 0.5) is 8.78 Å². The Labute approximate surface area is 105 Å². The van der Waals surface area contributed by atoms with Crippen LogP contribution in [-0.4, -0.2) is 0 Å². The largest absolute Gasteiger partial charge is 0.207 e. The van der Waals surface area contributed by atoms with Gasteiger partial charge in [0.1, 0.15) is 11.6 Å². The summed E-state index contributed by atoms with van der Waals surface area (Å²) in [5.74, 6) is -0.384.